The van der Waals surface area contributed by atoms with Gasteiger partial charge in [0.1, 0.15) is 12.4 Å². The summed E-state index contributed by atoms with van der Waals surface area (Å²) >= 11 is 0. The standard InChI is InChI=1S/C19H28N2O3/c1-3-12-24-18-7-5-6-16(13-18)14-20-10-8-17(9-11-20)21(4-2)15-19(22)23/h3,5-7,13,17H,1,4,8-12,14-15H2,2H3,(H,22,23). The van der Waals surface area contributed by atoms with Crippen LogP contribution in [0.4, 0.5) is 0 Å². The number of hydrogen-bond donors (Lipinski definition) is 1. The SMILES string of the molecule is C=CCOc1cccc(CN2CCC(N(CC)CC(=O)O)CC2)c1. The van der Waals surface area contributed by atoms with Gasteiger partial charge < -0.3 is 9.84 Å². The van der Waals surface area contributed by atoms with Gasteiger partial charge in [-0.2, -0.15) is 0 Å². The van der Waals surface area contributed by atoms with Gasteiger partial charge >= 0.3 is 5.97 Å². The maximum absolute atomic E-state index is 11.0. The van der Waals surface area contributed by atoms with Crippen LogP contribution >= 0.6 is 0 Å². The van der Waals surface area contributed by atoms with E-state index in [1.54, 1.807) is 6.08 Å². The number of nitrogens with zero attached hydrogens (tertiary/aromatic N) is 2. The topological polar surface area (TPSA) is 53.0 Å². The third-order valence-electron chi connectivity index (χ3n) is 4.49. The Morgan fingerprint density at radius 1 is 1.46 bits per heavy atom. The number of likely N-dealkylation sites (tertiary alicyclic amines) is 1. The van der Waals surface area contributed by atoms with Crippen LogP contribution < -0.4 is 4.74 Å². The van der Waals surface area contributed by atoms with Gasteiger partial charge in [0.2, 0.25) is 0 Å². The van der Waals surface area contributed by atoms with Crippen LogP contribution in [0.5, 0.6) is 5.75 Å². The lowest BCUT2D eigenvalue weighted by Gasteiger charge is -2.37. The predicted molar refractivity (Wildman–Crippen MR) is 95.3 cm³/mol. The molecule has 0 unspecified atom stereocenters. The smallest absolute Gasteiger partial charge is 0.317 e. The van der Waals surface area contributed by atoms with Crippen LogP contribution in [0.3, 0.4) is 0 Å². The Labute approximate surface area is 144 Å². The quantitative estimate of drug-likeness (QED) is 0.705. The molecule has 0 radical (unpaired) electrons. The number of ether oxygens (including phenoxy) is 1. The summed E-state index contributed by atoms with van der Waals surface area (Å²) in [6.45, 7) is 10.1. The summed E-state index contributed by atoms with van der Waals surface area (Å²) in [5.41, 5.74) is 1.24. The van der Waals surface area contributed by atoms with Crippen LogP contribution in [0.2, 0.25) is 0 Å². The van der Waals surface area contributed by atoms with Crippen molar-refractivity contribution in [2.75, 3.05) is 32.8 Å². The molecule has 0 spiro atoms. The number of carbonyl (C=O) groups is 1. The van der Waals surface area contributed by atoms with Crippen LogP contribution in [0.15, 0.2) is 36.9 Å². The van der Waals surface area contributed by atoms with Crippen LogP contribution in [0, 0.1) is 0 Å². The highest BCUT2D eigenvalue weighted by atomic mass is 16.5. The maximum atomic E-state index is 11.0. The molecule has 1 N–H and O–H groups in total. The molecule has 1 fully saturated rings. The Kier molecular flexibility index (Phi) is 7.28. The first kappa shape index (κ1) is 18.5. The van der Waals surface area contributed by atoms with E-state index in [2.05, 4.69) is 28.5 Å². The van der Waals surface area contributed by atoms with Gasteiger partial charge in [-0.3, -0.25) is 14.6 Å². The van der Waals surface area contributed by atoms with Gasteiger partial charge in [-0.05, 0) is 50.2 Å². The molecular weight excluding hydrogens is 304 g/mol. The lowest BCUT2D eigenvalue weighted by molar-refractivity contribution is -0.139. The third-order valence-corrected chi connectivity index (χ3v) is 4.49. The molecule has 1 aromatic carbocycles. The van der Waals surface area contributed by atoms with Gasteiger partial charge in [0.05, 0.1) is 6.54 Å². The zero-order chi connectivity index (χ0) is 17.4. The Hall–Kier alpha value is -1.85. The highest BCUT2D eigenvalue weighted by molar-refractivity contribution is 5.69. The number of benzene rings is 1. The number of hydrogen-bond acceptors (Lipinski definition) is 4. The normalized spacial score (nSPS) is 16.2. The van der Waals surface area contributed by atoms with Crippen molar-refractivity contribution < 1.29 is 14.6 Å². The van der Waals surface area contributed by atoms with Gasteiger partial charge in [0, 0.05) is 12.6 Å². The first-order chi connectivity index (χ1) is 11.6. The molecule has 0 aromatic heterocycles. The van der Waals surface area contributed by atoms with E-state index in [0.717, 1.165) is 44.8 Å². The molecule has 0 amide bonds. The van der Waals surface area contributed by atoms with E-state index in [9.17, 15) is 4.79 Å². The highest BCUT2D eigenvalue weighted by Gasteiger charge is 2.24. The van der Waals surface area contributed by atoms with Gasteiger partial charge in [-0.15, -0.1) is 0 Å². The summed E-state index contributed by atoms with van der Waals surface area (Å²) < 4.78 is 5.59. The Bertz CT molecular complexity index is 539. The lowest BCUT2D eigenvalue weighted by Crippen LogP contribution is -2.46. The largest absolute Gasteiger partial charge is 0.490 e. The summed E-state index contributed by atoms with van der Waals surface area (Å²) in [7, 11) is 0. The molecule has 0 bridgehead atoms. The summed E-state index contributed by atoms with van der Waals surface area (Å²) in [5.74, 6) is 0.136. The van der Waals surface area contributed by atoms with Crippen molar-refractivity contribution in [2.24, 2.45) is 0 Å². The van der Waals surface area contributed by atoms with Crippen molar-refractivity contribution >= 4 is 5.97 Å². The number of piperidine rings is 1. The van der Waals surface area contributed by atoms with Gasteiger partial charge in [0.15, 0.2) is 0 Å². The number of likely N-dealkylation sites (N-methyl/N-ethyl adjacent to an activating group) is 1. The molecule has 0 atom stereocenters. The Morgan fingerprint density at radius 3 is 2.83 bits per heavy atom. The highest BCUT2D eigenvalue weighted by Crippen LogP contribution is 2.20. The molecule has 2 rings (SSSR count). The number of aliphatic carboxylic acids is 1. The molecule has 24 heavy (non-hydrogen) atoms. The number of carboxylic acid groups (broad SMARTS) is 1. The zero-order valence-electron chi connectivity index (χ0n) is 14.5. The molecule has 1 aliphatic heterocycles. The average Bonchev–Trinajstić information content (AvgIpc) is 2.59. The fourth-order valence-electron chi connectivity index (χ4n) is 3.26. The second-order valence-electron chi connectivity index (χ2n) is 6.21. The van der Waals surface area contributed by atoms with Crippen molar-refractivity contribution in [3.63, 3.8) is 0 Å². The van der Waals surface area contributed by atoms with Crippen molar-refractivity contribution in [3.8, 4) is 5.75 Å². The minimum Gasteiger partial charge on any atom is -0.490 e. The zero-order valence-corrected chi connectivity index (χ0v) is 14.5. The van der Waals surface area contributed by atoms with E-state index in [1.807, 2.05) is 19.1 Å². The summed E-state index contributed by atoms with van der Waals surface area (Å²) in [5, 5.41) is 9.01. The van der Waals surface area contributed by atoms with Crippen molar-refractivity contribution in [3.05, 3.63) is 42.5 Å². The van der Waals surface area contributed by atoms with Crippen LogP contribution in [-0.4, -0.2) is 59.7 Å². The lowest BCUT2D eigenvalue weighted by atomic mass is 10.0. The minimum absolute atomic E-state index is 0.143. The summed E-state index contributed by atoms with van der Waals surface area (Å²) in [6, 6.07) is 8.56. The molecule has 0 aliphatic carbocycles. The molecule has 5 heteroatoms. The average molecular weight is 332 g/mol. The van der Waals surface area contributed by atoms with E-state index in [-0.39, 0.29) is 6.54 Å². The monoisotopic (exact) mass is 332 g/mol. The summed E-state index contributed by atoms with van der Waals surface area (Å²) in [4.78, 5) is 15.5. The van der Waals surface area contributed by atoms with E-state index < -0.39 is 5.97 Å². The minimum atomic E-state index is -0.740. The second kappa shape index (κ2) is 9.45. The molecule has 1 aromatic rings. The first-order valence-corrected chi connectivity index (χ1v) is 8.63. The van der Waals surface area contributed by atoms with Gasteiger partial charge in [0.25, 0.3) is 0 Å². The fraction of sp³-hybridized carbons (Fsp3) is 0.526. The number of rotatable bonds is 9. The molecule has 1 heterocycles. The summed E-state index contributed by atoms with van der Waals surface area (Å²) in [6.07, 6.45) is 3.79. The van der Waals surface area contributed by atoms with E-state index in [1.165, 1.54) is 5.56 Å². The van der Waals surface area contributed by atoms with E-state index in [0.29, 0.717) is 12.6 Å². The van der Waals surface area contributed by atoms with Gasteiger partial charge in [-0.1, -0.05) is 31.7 Å². The first-order valence-electron chi connectivity index (χ1n) is 8.63. The molecule has 1 aliphatic rings. The van der Waals surface area contributed by atoms with Crippen molar-refractivity contribution in [1.29, 1.82) is 0 Å². The number of carboxylic acids is 1. The molecular formula is C19H28N2O3. The molecule has 132 valence electrons. The van der Waals surface area contributed by atoms with E-state index in [4.69, 9.17) is 9.84 Å². The second-order valence-corrected chi connectivity index (χ2v) is 6.21. The molecule has 1 saturated heterocycles. The van der Waals surface area contributed by atoms with E-state index >= 15 is 0 Å². The maximum Gasteiger partial charge on any atom is 0.317 e. The third kappa shape index (κ3) is 5.65. The van der Waals surface area contributed by atoms with Crippen LogP contribution in [-0.2, 0) is 11.3 Å². The molecule has 5 nitrogen and oxygen atoms in total. The molecule has 0 saturated carbocycles. The van der Waals surface area contributed by atoms with Crippen molar-refractivity contribution in [1.82, 2.24) is 9.80 Å². The Balaban J connectivity index is 1.84. The van der Waals surface area contributed by atoms with Gasteiger partial charge in [-0.25, -0.2) is 0 Å². The van der Waals surface area contributed by atoms with Crippen LogP contribution in [0.1, 0.15) is 25.3 Å². The predicted octanol–water partition coefficient (Wildman–Crippen LogP) is 2.62. The fourth-order valence-corrected chi connectivity index (χ4v) is 3.26. The van der Waals surface area contributed by atoms with Crippen molar-refractivity contribution in [2.45, 2.75) is 32.4 Å². The Morgan fingerprint density at radius 2 is 2.21 bits per heavy atom. The van der Waals surface area contributed by atoms with Crippen LogP contribution in [0.25, 0.3) is 0 Å².